The molecule has 2 aliphatic carbocycles. The predicted octanol–water partition coefficient (Wildman–Crippen LogP) is 1.84. The van der Waals surface area contributed by atoms with E-state index >= 15 is 0 Å². The second kappa shape index (κ2) is 2.75. The molecule has 0 spiro atoms. The first kappa shape index (κ1) is 8.09. The average molecular weight is 168 g/mol. The maximum atomic E-state index is 11.2. The van der Waals surface area contributed by atoms with Gasteiger partial charge in [0, 0.05) is 0 Å². The van der Waals surface area contributed by atoms with Gasteiger partial charge < -0.3 is 4.74 Å². The SMILES string of the molecule is COC(=O)C1C2CCC(C)CC21. The fourth-order valence-electron chi connectivity index (χ4n) is 2.71. The summed E-state index contributed by atoms with van der Waals surface area (Å²) in [6.45, 7) is 2.28. The highest BCUT2D eigenvalue weighted by Gasteiger charge is 2.56. The molecule has 0 aromatic rings. The highest BCUT2D eigenvalue weighted by atomic mass is 16.5. The van der Waals surface area contributed by atoms with Gasteiger partial charge in [-0.1, -0.05) is 13.3 Å². The summed E-state index contributed by atoms with van der Waals surface area (Å²) in [6, 6.07) is 0. The van der Waals surface area contributed by atoms with E-state index in [2.05, 4.69) is 6.92 Å². The molecule has 2 heteroatoms. The van der Waals surface area contributed by atoms with E-state index in [9.17, 15) is 4.79 Å². The first-order valence-electron chi connectivity index (χ1n) is 4.82. The molecular weight excluding hydrogens is 152 g/mol. The zero-order valence-electron chi connectivity index (χ0n) is 7.75. The van der Waals surface area contributed by atoms with Gasteiger partial charge in [0.15, 0.2) is 0 Å². The van der Waals surface area contributed by atoms with Crippen LogP contribution in [0.1, 0.15) is 26.2 Å². The lowest BCUT2D eigenvalue weighted by Crippen LogP contribution is -2.05. The number of carbonyl (C=O) groups is 1. The molecule has 0 aromatic carbocycles. The fraction of sp³-hybridized carbons (Fsp3) is 0.900. The summed E-state index contributed by atoms with van der Waals surface area (Å²) in [7, 11) is 1.50. The lowest BCUT2D eigenvalue weighted by atomic mass is 9.91. The Balaban J connectivity index is 1.94. The normalized spacial score (nSPS) is 44.8. The summed E-state index contributed by atoms with van der Waals surface area (Å²) in [4.78, 5) is 11.2. The number of hydrogen-bond donors (Lipinski definition) is 0. The fourth-order valence-corrected chi connectivity index (χ4v) is 2.71. The largest absolute Gasteiger partial charge is 0.469 e. The zero-order chi connectivity index (χ0) is 8.72. The Morgan fingerprint density at radius 1 is 1.33 bits per heavy atom. The molecule has 4 unspecified atom stereocenters. The van der Waals surface area contributed by atoms with Crippen LogP contribution < -0.4 is 0 Å². The van der Waals surface area contributed by atoms with Gasteiger partial charge in [-0.3, -0.25) is 4.79 Å². The molecule has 0 saturated heterocycles. The van der Waals surface area contributed by atoms with Crippen LogP contribution in [0.3, 0.4) is 0 Å². The topological polar surface area (TPSA) is 26.3 Å². The lowest BCUT2D eigenvalue weighted by molar-refractivity contribution is -0.142. The Morgan fingerprint density at radius 2 is 2.08 bits per heavy atom. The van der Waals surface area contributed by atoms with Crippen LogP contribution in [0.2, 0.25) is 0 Å². The van der Waals surface area contributed by atoms with Crippen LogP contribution in [-0.4, -0.2) is 13.1 Å². The number of methoxy groups -OCH3 is 1. The molecule has 4 atom stereocenters. The van der Waals surface area contributed by atoms with Crippen LogP contribution >= 0.6 is 0 Å². The minimum Gasteiger partial charge on any atom is -0.469 e. The number of hydrogen-bond acceptors (Lipinski definition) is 2. The molecule has 12 heavy (non-hydrogen) atoms. The summed E-state index contributed by atoms with van der Waals surface area (Å²) in [5, 5.41) is 0. The quantitative estimate of drug-likeness (QED) is 0.558. The summed E-state index contributed by atoms with van der Waals surface area (Å²) < 4.78 is 4.76. The zero-order valence-corrected chi connectivity index (χ0v) is 7.75. The van der Waals surface area contributed by atoms with Crippen LogP contribution in [0.25, 0.3) is 0 Å². The van der Waals surface area contributed by atoms with Crippen LogP contribution in [0.4, 0.5) is 0 Å². The number of fused-ring (bicyclic) bond motifs is 1. The van der Waals surface area contributed by atoms with Gasteiger partial charge in [0.1, 0.15) is 0 Å². The first-order chi connectivity index (χ1) is 5.74. The van der Waals surface area contributed by atoms with Crippen molar-refractivity contribution in [1.29, 1.82) is 0 Å². The molecule has 0 amide bonds. The van der Waals surface area contributed by atoms with Crippen molar-refractivity contribution in [3.63, 3.8) is 0 Å². The van der Waals surface area contributed by atoms with Gasteiger partial charge in [0.05, 0.1) is 13.0 Å². The minimum atomic E-state index is 0.0269. The van der Waals surface area contributed by atoms with Gasteiger partial charge >= 0.3 is 5.97 Å². The van der Waals surface area contributed by atoms with Crippen molar-refractivity contribution >= 4 is 5.97 Å². The molecule has 2 fully saturated rings. The van der Waals surface area contributed by atoms with E-state index in [0.29, 0.717) is 11.8 Å². The molecule has 0 aliphatic heterocycles. The van der Waals surface area contributed by atoms with E-state index in [1.165, 1.54) is 26.4 Å². The third-order valence-electron chi connectivity index (χ3n) is 3.47. The molecule has 0 radical (unpaired) electrons. The summed E-state index contributed by atoms with van der Waals surface area (Å²) >= 11 is 0. The Kier molecular flexibility index (Phi) is 1.85. The Hall–Kier alpha value is -0.530. The van der Waals surface area contributed by atoms with E-state index in [1.807, 2.05) is 0 Å². The molecule has 0 bridgehead atoms. The lowest BCUT2D eigenvalue weighted by Gasteiger charge is -2.14. The standard InChI is InChI=1S/C10H16O2/c1-6-3-4-7-8(5-6)9(7)10(11)12-2/h6-9H,3-5H2,1-2H3. The first-order valence-corrected chi connectivity index (χ1v) is 4.82. The highest BCUT2D eigenvalue weighted by molar-refractivity contribution is 5.76. The van der Waals surface area contributed by atoms with E-state index in [1.54, 1.807) is 0 Å². The third-order valence-corrected chi connectivity index (χ3v) is 3.47. The van der Waals surface area contributed by atoms with Crippen molar-refractivity contribution in [2.45, 2.75) is 26.2 Å². The van der Waals surface area contributed by atoms with E-state index in [-0.39, 0.29) is 11.9 Å². The summed E-state index contributed by atoms with van der Waals surface area (Å²) in [5.41, 5.74) is 0. The van der Waals surface area contributed by atoms with Gasteiger partial charge in [0.2, 0.25) is 0 Å². The van der Waals surface area contributed by atoms with Gasteiger partial charge in [-0.25, -0.2) is 0 Å². The van der Waals surface area contributed by atoms with Crippen LogP contribution in [0.5, 0.6) is 0 Å². The second-order valence-corrected chi connectivity index (χ2v) is 4.29. The number of rotatable bonds is 1. The Morgan fingerprint density at radius 3 is 2.67 bits per heavy atom. The molecule has 0 aromatic heterocycles. The second-order valence-electron chi connectivity index (χ2n) is 4.29. The maximum absolute atomic E-state index is 11.2. The molecule has 2 saturated carbocycles. The molecule has 0 N–H and O–H groups in total. The van der Waals surface area contributed by atoms with Gasteiger partial charge in [-0.15, -0.1) is 0 Å². The molecule has 2 nitrogen and oxygen atoms in total. The molecular formula is C10H16O2. The van der Waals surface area contributed by atoms with Gasteiger partial charge in [0.25, 0.3) is 0 Å². The van der Waals surface area contributed by atoms with Crippen molar-refractivity contribution in [2.24, 2.45) is 23.7 Å². The molecule has 2 rings (SSSR count). The maximum Gasteiger partial charge on any atom is 0.309 e. The average Bonchev–Trinajstić information content (AvgIpc) is 2.76. The van der Waals surface area contributed by atoms with E-state index in [4.69, 9.17) is 4.74 Å². The summed E-state index contributed by atoms with van der Waals surface area (Å²) in [5.74, 6) is 2.45. The van der Waals surface area contributed by atoms with Crippen molar-refractivity contribution in [2.75, 3.05) is 7.11 Å². The predicted molar refractivity (Wildman–Crippen MR) is 45.5 cm³/mol. The van der Waals surface area contributed by atoms with Crippen LogP contribution in [0.15, 0.2) is 0 Å². The van der Waals surface area contributed by atoms with E-state index < -0.39 is 0 Å². The smallest absolute Gasteiger partial charge is 0.309 e. The number of ether oxygens (including phenoxy) is 1. The number of carbonyl (C=O) groups excluding carboxylic acids is 1. The minimum absolute atomic E-state index is 0.0269. The van der Waals surface area contributed by atoms with Crippen molar-refractivity contribution < 1.29 is 9.53 Å². The molecule has 0 heterocycles. The monoisotopic (exact) mass is 168 g/mol. The van der Waals surface area contributed by atoms with Crippen molar-refractivity contribution in [3.8, 4) is 0 Å². The highest BCUT2D eigenvalue weighted by Crippen LogP contribution is 2.57. The van der Waals surface area contributed by atoms with Crippen LogP contribution in [0, 0.1) is 23.7 Å². The van der Waals surface area contributed by atoms with Crippen molar-refractivity contribution in [1.82, 2.24) is 0 Å². The third kappa shape index (κ3) is 1.13. The van der Waals surface area contributed by atoms with Gasteiger partial charge in [-0.05, 0) is 30.6 Å². The van der Waals surface area contributed by atoms with Crippen LogP contribution in [-0.2, 0) is 9.53 Å². The summed E-state index contributed by atoms with van der Waals surface area (Å²) in [6.07, 6.45) is 3.78. The van der Waals surface area contributed by atoms with E-state index in [0.717, 1.165) is 5.92 Å². The molecule has 68 valence electrons. The Labute approximate surface area is 73.3 Å². The Bertz CT molecular complexity index is 200. The van der Waals surface area contributed by atoms with Gasteiger partial charge in [-0.2, -0.15) is 0 Å². The van der Waals surface area contributed by atoms with Crippen molar-refractivity contribution in [3.05, 3.63) is 0 Å². The number of esters is 1. The molecule has 2 aliphatic rings.